The predicted octanol–water partition coefficient (Wildman–Crippen LogP) is 3.89. The van der Waals surface area contributed by atoms with Crippen molar-refractivity contribution >= 4 is 5.91 Å². The molecule has 0 aromatic heterocycles. The van der Waals surface area contributed by atoms with Crippen LogP contribution >= 0.6 is 0 Å². The fourth-order valence-electron chi connectivity index (χ4n) is 2.63. The average Bonchev–Trinajstić information content (AvgIpc) is 2.57. The van der Waals surface area contributed by atoms with Gasteiger partial charge in [-0.05, 0) is 50.8 Å². The van der Waals surface area contributed by atoms with E-state index in [1.54, 1.807) is 0 Å². The molecule has 0 bridgehead atoms. The molecule has 0 atom stereocenters. The van der Waals surface area contributed by atoms with E-state index in [9.17, 15) is 4.79 Å². The largest absolute Gasteiger partial charge is 0.490 e. The molecule has 0 saturated carbocycles. The van der Waals surface area contributed by atoms with Gasteiger partial charge in [-0.15, -0.1) is 0 Å². The van der Waals surface area contributed by atoms with Crippen LogP contribution in [0.2, 0.25) is 0 Å². The molecule has 4 heteroatoms. The Morgan fingerprint density at radius 1 is 1.09 bits per heavy atom. The highest BCUT2D eigenvalue weighted by Crippen LogP contribution is 2.29. The van der Waals surface area contributed by atoms with Gasteiger partial charge < -0.3 is 14.4 Å². The van der Waals surface area contributed by atoms with Crippen LogP contribution in [-0.4, -0.2) is 37.1 Å². The highest BCUT2D eigenvalue weighted by molar-refractivity contribution is 5.95. The Bertz CT molecular complexity index is 481. The van der Waals surface area contributed by atoms with Gasteiger partial charge in [0.15, 0.2) is 11.5 Å². The maximum absolute atomic E-state index is 12.6. The van der Waals surface area contributed by atoms with E-state index in [0.717, 1.165) is 44.5 Å². The zero-order valence-electron chi connectivity index (χ0n) is 13.8. The van der Waals surface area contributed by atoms with Crippen molar-refractivity contribution in [2.75, 3.05) is 26.3 Å². The second-order valence-corrected chi connectivity index (χ2v) is 5.65. The summed E-state index contributed by atoms with van der Waals surface area (Å²) in [5.74, 6) is 1.49. The van der Waals surface area contributed by atoms with Gasteiger partial charge >= 0.3 is 0 Å². The summed E-state index contributed by atoms with van der Waals surface area (Å²) in [6.45, 7) is 7.03. The highest BCUT2D eigenvalue weighted by Gasteiger charge is 2.19. The summed E-state index contributed by atoms with van der Waals surface area (Å²) < 4.78 is 11.4. The normalized spacial score (nSPS) is 14.7. The molecule has 0 aliphatic carbocycles. The number of piperidine rings is 1. The summed E-state index contributed by atoms with van der Waals surface area (Å²) in [6, 6.07) is 5.53. The fourth-order valence-corrected chi connectivity index (χ4v) is 2.63. The minimum atomic E-state index is 0.0979. The zero-order chi connectivity index (χ0) is 15.8. The van der Waals surface area contributed by atoms with E-state index in [0.29, 0.717) is 24.5 Å². The zero-order valence-corrected chi connectivity index (χ0v) is 13.8. The second-order valence-electron chi connectivity index (χ2n) is 5.65. The van der Waals surface area contributed by atoms with Crippen LogP contribution in [0.3, 0.4) is 0 Å². The first kappa shape index (κ1) is 16.7. The summed E-state index contributed by atoms with van der Waals surface area (Å²) in [5, 5.41) is 0. The molecule has 1 heterocycles. The van der Waals surface area contributed by atoms with E-state index in [1.807, 2.05) is 30.0 Å². The number of carbonyl (C=O) groups excluding carboxylic acids is 1. The number of amides is 1. The number of nitrogens with zero attached hydrogens (tertiary/aromatic N) is 1. The Morgan fingerprint density at radius 3 is 2.55 bits per heavy atom. The van der Waals surface area contributed by atoms with E-state index in [2.05, 4.69) is 6.92 Å². The maximum atomic E-state index is 12.6. The van der Waals surface area contributed by atoms with Crippen LogP contribution in [0.1, 0.15) is 56.3 Å². The van der Waals surface area contributed by atoms with Crippen molar-refractivity contribution in [3.8, 4) is 11.5 Å². The molecule has 122 valence electrons. The van der Waals surface area contributed by atoms with Gasteiger partial charge in [-0.25, -0.2) is 0 Å². The minimum absolute atomic E-state index is 0.0979. The first-order valence-electron chi connectivity index (χ1n) is 8.45. The molecule has 1 aliphatic heterocycles. The lowest BCUT2D eigenvalue weighted by Gasteiger charge is -2.27. The third-order valence-electron chi connectivity index (χ3n) is 3.89. The molecular weight excluding hydrogens is 278 g/mol. The molecule has 22 heavy (non-hydrogen) atoms. The van der Waals surface area contributed by atoms with Gasteiger partial charge in [0.1, 0.15) is 0 Å². The Labute approximate surface area is 133 Å². The van der Waals surface area contributed by atoms with Gasteiger partial charge in [0.2, 0.25) is 0 Å². The monoisotopic (exact) mass is 305 g/mol. The van der Waals surface area contributed by atoms with Crippen molar-refractivity contribution in [1.29, 1.82) is 0 Å². The van der Waals surface area contributed by atoms with Gasteiger partial charge in [-0.2, -0.15) is 0 Å². The van der Waals surface area contributed by atoms with E-state index >= 15 is 0 Å². The number of hydrogen-bond donors (Lipinski definition) is 0. The van der Waals surface area contributed by atoms with E-state index in [4.69, 9.17) is 9.47 Å². The minimum Gasteiger partial charge on any atom is -0.490 e. The lowest BCUT2D eigenvalue weighted by molar-refractivity contribution is 0.0724. The second kappa shape index (κ2) is 8.66. The number of rotatable bonds is 7. The first-order chi connectivity index (χ1) is 10.8. The maximum Gasteiger partial charge on any atom is 0.253 e. The van der Waals surface area contributed by atoms with Crippen molar-refractivity contribution in [3.63, 3.8) is 0 Å². The molecule has 0 N–H and O–H groups in total. The van der Waals surface area contributed by atoms with Gasteiger partial charge in [-0.1, -0.05) is 13.3 Å². The van der Waals surface area contributed by atoms with Crippen LogP contribution in [0.5, 0.6) is 11.5 Å². The van der Waals surface area contributed by atoms with E-state index in [1.165, 1.54) is 6.42 Å². The van der Waals surface area contributed by atoms with Crippen molar-refractivity contribution in [1.82, 2.24) is 4.90 Å². The highest BCUT2D eigenvalue weighted by atomic mass is 16.5. The molecule has 0 unspecified atom stereocenters. The third kappa shape index (κ3) is 4.39. The number of ether oxygens (including phenoxy) is 2. The first-order valence-corrected chi connectivity index (χ1v) is 8.45. The molecule has 1 aromatic rings. The standard InChI is InChI=1S/C18H27NO3/c1-3-5-13-22-16-10-9-15(14-17(16)21-4-2)18(20)19-11-7-6-8-12-19/h9-10,14H,3-8,11-13H2,1-2H3. The molecule has 1 saturated heterocycles. The van der Waals surface area contributed by atoms with Crippen molar-refractivity contribution in [2.45, 2.75) is 46.0 Å². The third-order valence-corrected chi connectivity index (χ3v) is 3.89. The summed E-state index contributed by atoms with van der Waals surface area (Å²) in [5.41, 5.74) is 0.688. The molecule has 1 amide bonds. The van der Waals surface area contributed by atoms with Gasteiger partial charge in [0.25, 0.3) is 5.91 Å². The van der Waals surface area contributed by atoms with Crippen LogP contribution in [0.15, 0.2) is 18.2 Å². The summed E-state index contributed by atoms with van der Waals surface area (Å²) >= 11 is 0. The number of benzene rings is 1. The number of unbranched alkanes of at least 4 members (excludes halogenated alkanes) is 1. The van der Waals surface area contributed by atoms with Gasteiger partial charge in [0, 0.05) is 18.7 Å². The predicted molar refractivity (Wildman–Crippen MR) is 87.8 cm³/mol. The van der Waals surface area contributed by atoms with Gasteiger partial charge in [-0.3, -0.25) is 4.79 Å². The van der Waals surface area contributed by atoms with E-state index < -0.39 is 0 Å². The van der Waals surface area contributed by atoms with Crippen LogP contribution in [0.4, 0.5) is 0 Å². The number of hydrogen-bond acceptors (Lipinski definition) is 3. The van der Waals surface area contributed by atoms with Crippen molar-refractivity contribution < 1.29 is 14.3 Å². The number of carbonyl (C=O) groups is 1. The molecule has 1 aliphatic rings. The summed E-state index contributed by atoms with van der Waals surface area (Å²) in [7, 11) is 0. The lowest BCUT2D eigenvalue weighted by Crippen LogP contribution is -2.35. The molecule has 1 aromatic carbocycles. The average molecular weight is 305 g/mol. The molecular formula is C18H27NO3. The van der Waals surface area contributed by atoms with Crippen molar-refractivity contribution in [2.24, 2.45) is 0 Å². The van der Waals surface area contributed by atoms with Gasteiger partial charge in [0.05, 0.1) is 13.2 Å². The molecule has 4 nitrogen and oxygen atoms in total. The van der Waals surface area contributed by atoms with E-state index in [-0.39, 0.29) is 5.91 Å². The lowest BCUT2D eigenvalue weighted by atomic mass is 10.1. The Kier molecular flexibility index (Phi) is 6.56. The van der Waals surface area contributed by atoms with Crippen LogP contribution in [-0.2, 0) is 0 Å². The van der Waals surface area contributed by atoms with Crippen LogP contribution in [0.25, 0.3) is 0 Å². The van der Waals surface area contributed by atoms with Crippen molar-refractivity contribution in [3.05, 3.63) is 23.8 Å². The molecule has 0 spiro atoms. The summed E-state index contributed by atoms with van der Waals surface area (Å²) in [4.78, 5) is 14.5. The smallest absolute Gasteiger partial charge is 0.253 e. The Hall–Kier alpha value is -1.71. The fraction of sp³-hybridized carbons (Fsp3) is 0.611. The SMILES string of the molecule is CCCCOc1ccc(C(=O)N2CCCCC2)cc1OCC. The quantitative estimate of drug-likeness (QED) is 0.717. The number of likely N-dealkylation sites (tertiary alicyclic amines) is 1. The topological polar surface area (TPSA) is 38.8 Å². The van der Waals surface area contributed by atoms with Crippen LogP contribution < -0.4 is 9.47 Å². The molecule has 1 fully saturated rings. The molecule has 0 radical (unpaired) electrons. The Morgan fingerprint density at radius 2 is 1.86 bits per heavy atom. The summed E-state index contributed by atoms with van der Waals surface area (Å²) in [6.07, 6.45) is 5.53. The van der Waals surface area contributed by atoms with Crippen LogP contribution in [0, 0.1) is 0 Å². The Balaban J connectivity index is 2.11. The molecule has 2 rings (SSSR count).